The molecule has 4 heteroatoms. The molecule has 0 fully saturated rings. The minimum absolute atomic E-state index is 0.0532. The smallest absolute Gasteiger partial charge is 0.219 e. The van der Waals surface area contributed by atoms with Crippen molar-refractivity contribution in [3.8, 4) is 11.6 Å². The Bertz CT molecular complexity index is 2280. The number of fused-ring (bicyclic) bond motifs is 1. The summed E-state index contributed by atoms with van der Waals surface area (Å²) >= 11 is 0. The SMILES string of the molecule is [2H]C([2H])([2H])N1CN(c2cc(C(C)(C)C)cc(C(c3ccccc3)(c3ccccc3)c3cccc(Oc4cc(C(C)(C)C)ccn4)c3)c2)c2cc(C)c(C)cc21. The minimum Gasteiger partial charge on any atom is -0.439 e. The third-order valence-electron chi connectivity index (χ3n) is 10.5. The zero-order chi connectivity index (χ0) is 39.3. The highest BCUT2D eigenvalue weighted by Gasteiger charge is 2.40. The molecule has 0 amide bonds. The van der Waals surface area contributed by atoms with E-state index in [9.17, 15) is 0 Å². The molecule has 1 aliphatic heterocycles. The molecule has 0 bridgehead atoms. The molecule has 0 radical (unpaired) electrons. The lowest BCUT2D eigenvalue weighted by atomic mass is 9.64. The first-order chi connectivity index (χ1) is 26.0. The Labute approximate surface area is 315 Å². The number of ether oxygens (including phenoxy) is 1. The Morgan fingerprint density at radius 3 is 1.79 bits per heavy atom. The van der Waals surface area contributed by atoms with E-state index in [4.69, 9.17) is 8.85 Å². The van der Waals surface area contributed by atoms with Gasteiger partial charge in [-0.1, -0.05) is 120 Å². The molecule has 5 aromatic carbocycles. The average Bonchev–Trinajstić information content (AvgIpc) is 3.51. The van der Waals surface area contributed by atoms with E-state index in [1.807, 2.05) is 37.4 Å². The van der Waals surface area contributed by atoms with Gasteiger partial charge in [-0.15, -0.1) is 0 Å². The van der Waals surface area contributed by atoms with Gasteiger partial charge in [0, 0.05) is 29.0 Å². The Morgan fingerprint density at radius 1 is 0.577 bits per heavy atom. The molecule has 0 saturated carbocycles. The van der Waals surface area contributed by atoms with E-state index in [1.54, 1.807) is 4.90 Å². The third-order valence-corrected chi connectivity index (χ3v) is 10.5. The molecular formula is C48H51N3O. The van der Waals surface area contributed by atoms with Gasteiger partial charge in [0.2, 0.25) is 5.88 Å². The van der Waals surface area contributed by atoms with E-state index in [0.717, 1.165) is 61.6 Å². The van der Waals surface area contributed by atoms with Crippen LogP contribution in [0.25, 0.3) is 0 Å². The third kappa shape index (κ3) is 6.47. The van der Waals surface area contributed by atoms with Crippen molar-refractivity contribution in [1.29, 1.82) is 0 Å². The van der Waals surface area contributed by atoms with Crippen molar-refractivity contribution < 1.29 is 8.85 Å². The first-order valence-corrected chi connectivity index (χ1v) is 18.1. The quantitative estimate of drug-likeness (QED) is 0.156. The van der Waals surface area contributed by atoms with Gasteiger partial charge >= 0.3 is 0 Å². The zero-order valence-corrected chi connectivity index (χ0v) is 31.7. The van der Waals surface area contributed by atoms with Crippen LogP contribution in [0.4, 0.5) is 17.1 Å². The number of nitrogens with zero attached hydrogens (tertiary/aromatic N) is 3. The van der Waals surface area contributed by atoms with E-state index >= 15 is 0 Å². The molecule has 0 aliphatic carbocycles. The number of anilines is 3. The molecule has 0 N–H and O–H groups in total. The predicted octanol–water partition coefficient (Wildman–Crippen LogP) is 12.0. The van der Waals surface area contributed by atoms with Crippen molar-refractivity contribution in [3.63, 3.8) is 0 Å². The molecule has 0 unspecified atom stereocenters. The molecule has 0 saturated heterocycles. The first-order valence-electron chi connectivity index (χ1n) is 19.6. The fourth-order valence-corrected chi connectivity index (χ4v) is 7.37. The van der Waals surface area contributed by atoms with Crippen molar-refractivity contribution in [2.45, 2.75) is 71.6 Å². The second-order valence-corrected chi connectivity index (χ2v) is 16.2. The molecular weight excluding hydrogens is 635 g/mol. The molecule has 6 aromatic rings. The number of pyridine rings is 1. The Kier molecular flexibility index (Phi) is 8.04. The summed E-state index contributed by atoms with van der Waals surface area (Å²) in [7, 11) is 0. The predicted molar refractivity (Wildman–Crippen MR) is 218 cm³/mol. The van der Waals surface area contributed by atoms with Crippen LogP contribution in [0.1, 0.15) is 90.2 Å². The van der Waals surface area contributed by atoms with E-state index in [-0.39, 0.29) is 17.5 Å². The van der Waals surface area contributed by atoms with Crippen LogP contribution in [0.2, 0.25) is 0 Å². The minimum atomic E-state index is -2.31. The van der Waals surface area contributed by atoms with Crippen LogP contribution < -0.4 is 14.5 Å². The molecule has 1 aromatic heterocycles. The summed E-state index contributed by atoms with van der Waals surface area (Å²) in [4.78, 5) is 8.30. The lowest BCUT2D eigenvalue weighted by Crippen LogP contribution is -2.32. The Morgan fingerprint density at radius 2 is 1.17 bits per heavy atom. The number of aryl methyl sites for hydroxylation is 2. The lowest BCUT2D eigenvalue weighted by Gasteiger charge is -2.38. The number of aromatic nitrogens is 1. The van der Waals surface area contributed by atoms with Crippen molar-refractivity contribution >= 4 is 17.1 Å². The normalized spacial score (nSPS) is 14.4. The van der Waals surface area contributed by atoms with Crippen molar-refractivity contribution in [2.75, 3.05) is 23.4 Å². The monoisotopic (exact) mass is 688 g/mol. The number of hydrogen-bond acceptors (Lipinski definition) is 4. The van der Waals surface area contributed by atoms with Crippen LogP contribution in [0.5, 0.6) is 11.6 Å². The number of benzene rings is 5. The van der Waals surface area contributed by atoms with Crippen LogP contribution in [0, 0.1) is 13.8 Å². The molecule has 0 atom stereocenters. The molecule has 1 aliphatic rings. The van der Waals surface area contributed by atoms with Gasteiger partial charge in [-0.05, 0) is 112 Å². The van der Waals surface area contributed by atoms with Crippen LogP contribution in [-0.4, -0.2) is 18.6 Å². The topological polar surface area (TPSA) is 28.6 Å². The average molecular weight is 689 g/mol. The van der Waals surface area contributed by atoms with Gasteiger partial charge in [-0.25, -0.2) is 4.98 Å². The second kappa shape index (κ2) is 13.3. The van der Waals surface area contributed by atoms with E-state index < -0.39 is 12.4 Å². The zero-order valence-electron chi connectivity index (χ0n) is 34.7. The van der Waals surface area contributed by atoms with Crippen molar-refractivity contribution in [2.24, 2.45) is 0 Å². The maximum atomic E-state index is 8.52. The maximum Gasteiger partial charge on any atom is 0.219 e. The van der Waals surface area contributed by atoms with Gasteiger partial charge in [0.1, 0.15) is 5.75 Å². The van der Waals surface area contributed by atoms with Crippen LogP contribution in [0.3, 0.4) is 0 Å². The largest absolute Gasteiger partial charge is 0.439 e. The molecule has 4 nitrogen and oxygen atoms in total. The van der Waals surface area contributed by atoms with Gasteiger partial charge in [0.15, 0.2) is 0 Å². The maximum absolute atomic E-state index is 8.52. The summed E-state index contributed by atoms with van der Waals surface area (Å²) in [6.45, 7) is 15.3. The summed E-state index contributed by atoms with van der Waals surface area (Å²) in [5.41, 5.74) is 10.2. The van der Waals surface area contributed by atoms with Gasteiger partial charge in [0.05, 0.1) is 23.5 Å². The van der Waals surface area contributed by atoms with Gasteiger partial charge < -0.3 is 14.5 Å². The van der Waals surface area contributed by atoms with E-state index in [1.165, 1.54) is 0 Å². The highest BCUT2D eigenvalue weighted by Crippen LogP contribution is 2.50. The van der Waals surface area contributed by atoms with Crippen LogP contribution in [0.15, 0.2) is 134 Å². The van der Waals surface area contributed by atoms with Gasteiger partial charge in [-0.2, -0.15) is 0 Å². The lowest BCUT2D eigenvalue weighted by molar-refractivity contribution is 0.457. The van der Waals surface area contributed by atoms with E-state index in [0.29, 0.717) is 11.6 Å². The van der Waals surface area contributed by atoms with Gasteiger partial charge in [0.25, 0.3) is 0 Å². The molecule has 52 heavy (non-hydrogen) atoms. The highest BCUT2D eigenvalue weighted by atomic mass is 16.5. The fourth-order valence-electron chi connectivity index (χ4n) is 7.37. The number of hydrogen-bond donors (Lipinski definition) is 0. The highest BCUT2D eigenvalue weighted by molar-refractivity contribution is 5.84. The molecule has 264 valence electrons. The first kappa shape index (κ1) is 31.4. The number of rotatable bonds is 7. The summed E-state index contributed by atoms with van der Waals surface area (Å²) in [5, 5.41) is 0. The second-order valence-electron chi connectivity index (χ2n) is 16.2. The van der Waals surface area contributed by atoms with Crippen LogP contribution in [-0.2, 0) is 16.2 Å². The summed E-state index contributed by atoms with van der Waals surface area (Å²) < 4.78 is 32.1. The summed E-state index contributed by atoms with van der Waals surface area (Å²) in [6, 6.07) is 44.7. The molecule has 7 rings (SSSR count). The van der Waals surface area contributed by atoms with Crippen LogP contribution >= 0.6 is 0 Å². The van der Waals surface area contributed by atoms with E-state index in [2.05, 4.69) is 161 Å². The molecule has 0 spiro atoms. The summed E-state index contributed by atoms with van der Waals surface area (Å²) in [5.74, 6) is 1.23. The molecule has 2 heterocycles. The van der Waals surface area contributed by atoms with Crippen molar-refractivity contribution in [3.05, 3.63) is 178 Å². The van der Waals surface area contributed by atoms with Gasteiger partial charge in [-0.3, -0.25) is 0 Å². The fraction of sp³-hybridized carbons (Fsp3) is 0.271. The standard InChI is InChI=1S/C48H51N3O/c1-33-25-43-44(26-34(33)2)51(32-50(43)9)41-28-39(47(6,7)8)27-40(29-41)48(35-17-12-10-13-18-35,36-19-14-11-15-20-36)38-21-16-22-42(30-38)52-45-31-37(23-24-49-45)46(3,4)5/h10-31H,32H2,1-9H3/i9D3. The van der Waals surface area contributed by atoms with Crippen molar-refractivity contribution in [1.82, 2.24) is 4.98 Å². The Balaban J connectivity index is 1.50. The summed E-state index contributed by atoms with van der Waals surface area (Å²) in [6.07, 6.45) is 1.81. The Hall–Kier alpha value is -5.35.